The van der Waals surface area contributed by atoms with Crippen molar-refractivity contribution in [3.8, 4) is 5.75 Å². The van der Waals surface area contributed by atoms with Gasteiger partial charge in [0.05, 0.1) is 12.3 Å². The molecule has 1 heterocycles. The molecule has 0 aliphatic heterocycles. The zero-order chi connectivity index (χ0) is 23.1. The number of nitrogens with one attached hydrogen (secondary N) is 2. The summed E-state index contributed by atoms with van der Waals surface area (Å²) in [5.41, 5.74) is 4.29. The molecule has 3 aromatic rings. The minimum absolute atomic E-state index is 0.308. The molecule has 0 radical (unpaired) electrons. The fourth-order valence-electron chi connectivity index (χ4n) is 3.29. The zero-order valence-electron chi connectivity index (χ0n) is 18.8. The second-order valence-electron chi connectivity index (χ2n) is 7.30. The van der Waals surface area contributed by atoms with Crippen LogP contribution in [0.2, 0.25) is 0 Å². The number of benzene rings is 2. The van der Waals surface area contributed by atoms with Crippen LogP contribution in [0.15, 0.2) is 53.5 Å². The Morgan fingerprint density at radius 3 is 2.41 bits per heavy atom. The average Bonchev–Trinajstić information content (AvgIpc) is 3.01. The maximum atomic E-state index is 13.2. The van der Waals surface area contributed by atoms with Gasteiger partial charge in [0, 0.05) is 30.5 Å². The van der Waals surface area contributed by atoms with Crippen LogP contribution in [0.25, 0.3) is 0 Å². The van der Waals surface area contributed by atoms with Crippen LogP contribution in [0.1, 0.15) is 34.2 Å². The molecular formula is C24H28FN5O2. The van der Waals surface area contributed by atoms with Gasteiger partial charge in [0.15, 0.2) is 0 Å². The summed E-state index contributed by atoms with van der Waals surface area (Å²) in [6.45, 7) is 6.96. The maximum Gasteiger partial charge on any atom is 0.257 e. The summed E-state index contributed by atoms with van der Waals surface area (Å²) in [4.78, 5) is 17.2. The normalized spacial score (nSPS) is 11.3. The monoisotopic (exact) mass is 437 g/mol. The van der Waals surface area contributed by atoms with E-state index in [9.17, 15) is 9.18 Å². The van der Waals surface area contributed by atoms with Crippen molar-refractivity contribution < 1.29 is 13.9 Å². The molecule has 8 heteroatoms. The summed E-state index contributed by atoms with van der Waals surface area (Å²) >= 11 is 0. The highest BCUT2D eigenvalue weighted by molar-refractivity contribution is 6.09. The molecule has 2 aromatic carbocycles. The van der Waals surface area contributed by atoms with Gasteiger partial charge in [-0.05, 0) is 81.3 Å². The second-order valence-corrected chi connectivity index (χ2v) is 7.30. The lowest BCUT2D eigenvalue weighted by molar-refractivity contribution is 0.0977. The van der Waals surface area contributed by atoms with Gasteiger partial charge in [0.2, 0.25) is 5.96 Å². The number of guanidine groups is 1. The molecule has 32 heavy (non-hydrogen) atoms. The Bertz CT molecular complexity index is 1090. The van der Waals surface area contributed by atoms with Crippen LogP contribution in [0.5, 0.6) is 5.75 Å². The highest BCUT2D eigenvalue weighted by Gasteiger charge is 2.12. The van der Waals surface area contributed by atoms with Crippen LogP contribution in [-0.4, -0.2) is 34.8 Å². The van der Waals surface area contributed by atoms with Crippen LogP contribution in [0.4, 0.5) is 10.1 Å². The lowest BCUT2D eigenvalue weighted by Crippen LogP contribution is -2.36. The molecule has 1 amide bonds. The van der Waals surface area contributed by atoms with E-state index in [1.165, 1.54) is 24.3 Å². The van der Waals surface area contributed by atoms with Gasteiger partial charge in [-0.3, -0.25) is 19.8 Å². The van der Waals surface area contributed by atoms with Crippen LogP contribution in [-0.2, 0) is 13.5 Å². The third-order valence-corrected chi connectivity index (χ3v) is 5.06. The molecule has 0 saturated heterocycles. The highest BCUT2D eigenvalue weighted by atomic mass is 19.1. The number of ether oxygens (including phenoxy) is 1. The molecule has 0 saturated carbocycles. The fraction of sp³-hybridized carbons (Fsp3) is 0.292. The summed E-state index contributed by atoms with van der Waals surface area (Å²) in [5.74, 6) is 0.290. The molecule has 0 unspecified atom stereocenters. The van der Waals surface area contributed by atoms with Crippen LogP contribution in [0, 0.1) is 19.7 Å². The topological polar surface area (TPSA) is 80.5 Å². The van der Waals surface area contributed by atoms with Crippen molar-refractivity contribution in [1.29, 1.82) is 0 Å². The number of halogens is 1. The van der Waals surface area contributed by atoms with Gasteiger partial charge in [-0.25, -0.2) is 4.39 Å². The first-order valence-corrected chi connectivity index (χ1v) is 10.5. The number of amides is 1. The Balaban J connectivity index is 1.76. The largest absolute Gasteiger partial charge is 0.494 e. The first-order valence-electron chi connectivity index (χ1n) is 10.5. The predicted octanol–water partition coefficient (Wildman–Crippen LogP) is 4.02. The van der Waals surface area contributed by atoms with E-state index in [2.05, 4.69) is 20.7 Å². The molecular weight excluding hydrogens is 409 g/mol. The van der Waals surface area contributed by atoms with Gasteiger partial charge in [0.1, 0.15) is 11.6 Å². The van der Waals surface area contributed by atoms with Crippen molar-refractivity contribution in [3.63, 3.8) is 0 Å². The lowest BCUT2D eigenvalue weighted by atomic mass is 10.1. The van der Waals surface area contributed by atoms with E-state index in [1.54, 1.807) is 0 Å². The van der Waals surface area contributed by atoms with Gasteiger partial charge in [-0.1, -0.05) is 0 Å². The molecule has 168 valence electrons. The summed E-state index contributed by atoms with van der Waals surface area (Å²) < 4.78 is 20.5. The molecule has 0 atom stereocenters. The Kier molecular flexibility index (Phi) is 7.59. The predicted molar refractivity (Wildman–Crippen MR) is 124 cm³/mol. The number of hydrogen-bond acceptors (Lipinski definition) is 4. The average molecular weight is 438 g/mol. The lowest BCUT2D eigenvalue weighted by Gasteiger charge is -2.13. The standard InChI is InChI=1S/C24H28FN5O2/c1-5-32-21-12-10-20(11-13-21)27-24(28-23(31)18-6-8-19(25)9-7-18)26-15-14-22-16(2)29-30(4)17(22)3/h6-13H,5,14-15H2,1-4H3,(H2,26,27,28,31). The van der Waals surface area contributed by atoms with Crippen molar-refractivity contribution in [2.45, 2.75) is 27.2 Å². The van der Waals surface area contributed by atoms with Crippen LogP contribution in [0.3, 0.4) is 0 Å². The number of aryl methyl sites for hydroxylation is 2. The molecule has 7 nitrogen and oxygen atoms in total. The van der Waals surface area contributed by atoms with Gasteiger partial charge in [-0.2, -0.15) is 5.10 Å². The minimum atomic E-state index is -0.398. The first kappa shape index (κ1) is 23.0. The third-order valence-electron chi connectivity index (χ3n) is 5.06. The number of carbonyl (C=O) groups is 1. The molecule has 0 aliphatic rings. The van der Waals surface area contributed by atoms with E-state index >= 15 is 0 Å². The molecule has 0 bridgehead atoms. The minimum Gasteiger partial charge on any atom is -0.494 e. The van der Waals surface area contributed by atoms with Crippen molar-refractivity contribution in [1.82, 2.24) is 15.1 Å². The van der Waals surface area contributed by atoms with Gasteiger partial charge in [0.25, 0.3) is 5.91 Å². The highest BCUT2D eigenvalue weighted by Crippen LogP contribution is 2.16. The first-order chi connectivity index (χ1) is 15.4. The maximum absolute atomic E-state index is 13.2. The summed E-state index contributed by atoms with van der Waals surface area (Å²) in [7, 11) is 1.91. The Morgan fingerprint density at radius 2 is 1.81 bits per heavy atom. The summed E-state index contributed by atoms with van der Waals surface area (Å²) in [5, 5.41) is 10.4. The number of anilines is 1. The number of rotatable bonds is 7. The van der Waals surface area contributed by atoms with Crippen LogP contribution < -0.4 is 15.4 Å². The van der Waals surface area contributed by atoms with Crippen molar-refractivity contribution in [3.05, 3.63) is 76.9 Å². The molecule has 1 aromatic heterocycles. The number of carbonyl (C=O) groups excluding carboxylic acids is 1. The molecule has 0 spiro atoms. The van der Waals surface area contributed by atoms with E-state index in [0.29, 0.717) is 31.1 Å². The SMILES string of the molecule is CCOc1ccc(NC(=NCCc2c(C)nn(C)c2C)NC(=O)c2ccc(F)cc2)cc1. The van der Waals surface area contributed by atoms with E-state index < -0.39 is 5.82 Å². The van der Waals surface area contributed by atoms with Gasteiger partial charge >= 0.3 is 0 Å². The van der Waals surface area contributed by atoms with Gasteiger partial charge < -0.3 is 10.1 Å². The van der Waals surface area contributed by atoms with E-state index in [-0.39, 0.29) is 5.91 Å². The number of hydrogen-bond donors (Lipinski definition) is 2. The van der Waals surface area contributed by atoms with E-state index in [1.807, 2.05) is 56.8 Å². The van der Waals surface area contributed by atoms with Gasteiger partial charge in [-0.15, -0.1) is 0 Å². The van der Waals surface area contributed by atoms with E-state index in [0.717, 1.165) is 28.4 Å². The smallest absolute Gasteiger partial charge is 0.257 e. The molecule has 0 fully saturated rings. The Hall–Kier alpha value is -3.68. The summed E-state index contributed by atoms with van der Waals surface area (Å²) in [6, 6.07) is 12.7. The molecule has 2 N–H and O–H groups in total. The second kappa shape index (κ2) is 10.6. The summed E-state index contributed by atoms with van der Waals surface area (Å²) in [6.07, 6.45) is 0.687. The Labute approximate surface area is 187 Å². The Morgan fingerprint density at radius 1 is 1.12 bits per heavy atom. The number of aliphatic imine (C=N–C) groups is 1. The number of aromatic nitrogens is 2. The van der Waals surface area contributed by atoms with E-state index in [4.69, 9.17) is 4.74 Å². The number of nitrogens with zero attached hydrogens (tertiary/aromatic N) is 3. The van der Waals surface area contributed by atoms with Crippen molar-refractivity contribution in [2.75, 3.05) is 18.5 Å². The third kappa shape index (κ3) is 5.94. The molecule has 0 aliphatic carbocycles. The quantitative estimate of drug-likeness (QED) is 0.432. The van der Waals surface area contributed by atoms with Crippen LogP contribution >= 0.6 is 0 Å². The van der Waals surface area contributed by atoms with Crippen molar-refractivity contribution >= 4 is 17.6 Å². The zero-order valence-corrected chi connectivity index (χ0v) is 18.8. The molecule has 3 rings (SSSR count). The fourth-order valence-corrected chi connectivity index (χ4v) is 3.29. The van der Waals surface area contributed by atoms with Crippen molar-refractivity contribution in [2.24, 2.45) is 12.0 Å².